The van der Waals surface area contributed by atoms with Crippen LogP contribution in [0.25, 0.3) is 11.2 Å². The Morgan fingerprint density at radius 3 is 2.71 bits per heavy atom. The second kappa shape index (κ2) is 5.70. The Morgan fingerprint density at radius 1 is 1.47 bits per heavy atom. The van der Waals surface area contributed by atoms with Gasteiger partial charge in [-0.15, -0.1) is 0 Å². The molecule has 1 fully saturated rings. The molecule has 0 spiro atoms. The summed E-state index contributed by atoms with van der Waals surface area (Å²) in [7, 11) is 2.02. The molecule has 1 aliphatic carbocycles. The van der Waals surface area contributed by atoms with Gasteiger partial charge < -0.3 is 9.73 Å². The van der Waals surface area contributed by atoms with Crippen LogP contribution in [0.2, 0.25) is 0 Å². The van der Waals surface area contributed by atoms with Crippen LogP contribution in [0, 0.1) is 17.2 Å². The van der Waals surface area contributed by atoms with E-state index < -0.39 is 0 Å². The van der Waals surface area contributed by atoms with Gasteiger partial charge in [-0.2, -0.15) is 5.26 Å². The molecule has 2 heterocycles. The molecule has 0 amide bonds. The molecule has 2 aromatic rings. The lowest BCUT2D eigenvalue weighted by atomic mass is 10.2. The van der Waals surface area contributed by atoms with Crippen molar-refractivity contribution in [2.75, 3.05) is 13.6 Å². The van der Waals surface area contributed by atoms with Crippen molar-refractivity contribution < 1.29 is 4.42 Å². The second-order valence-electron chi connectivity index (χ2n) is 4.56. The number of rotatable bonds is 4. The van der Waals surface area contributed by atoms with Crippen LogP contribution in [0.4, 0.5) is 0 Å². The molecule has 3 heteroatoms. The van der Waals surface area contributed by atoms with Crippen LogP contribution in [-0.4, -0.2) is 13.6 Å². The van der Waals surface area contributed by atoms with Crippen LogP contribution in [0.3, 0.4) is 0 Å². The van der Waals surface area contributed by atoms with Gasteiger partial charge in [-0.05, 0) is 44.5 Å². The molecular formula is C14H18N2O. The van der Waals surface area contributed by atoms with E-state index in [-0.39, 0.29) is 0 Å². The van der Waals surface area contributed by atoms with Gasteiger partial charge in [-0.3, -0.25) is 0 Å². The van der Waals surface area contributed by atoms with E-state index in [0.29, 0.717) is 11.1 Å². The van der Waals surface area contributed by atoms with Crippen LogP contribution in [-0.2, 0) is 0 Å². The highest BCUT2D eigenvalue weighted by molar-refractivity contribution is 5.69. The number of benzene rings is 1. The second-order valence-corrected chi connectivity index (χ2v) is 4.56. The molecule has 90 valence electrons. The molecule has 1 N–H and O–H groups in total. The van der Waals surface area contributed by atoms with E-state index in [2.05, 4.69) is 5.32 Å². The summed E-state index contributed by atoms with van der Waals surface area (Å²) in [5.41, 5.74) is 2.10. The number of furan rings is 2. The Hall–Kier alpha value is -1.53. The summed E-state index contributed by atoms with van der Waals surface area (Å²) in [6.07, 6.45) is 5.84. The Balaban J connectivity index is 0.000000128. The minimum Gasteiger partial charge on any atom is -0.456 e. The van der Waals surface area contributed by atoms with Crippen molar-refractivity contribution in [3.63, 3.8) is 0 Å². The predicted molar refractivity (Wildman–Crippen MR) is 68.0 cm³/mol. The highest BCUT2D eigenvalue weighted by Gasteiger charge is 2.19. The Morgan fingerprint density at radius 2 is 2.29 bits per heavy atom. The molecule has 3 nitrogen and oxygen atoms in total. The third kappa shape index (κ3) is 3.47. The van der Waals surface area contributed by atoms with Crippen LogP contribution >= 0.6 is 0 Å². The maximum absolute atomic E-state index is 8.42. The lowest BCUT2D eigenvalue weighted by Crippen LogP contribution is -2.07. The maximum atomic E-state index is 8.42. The van der Waals surface area contributed by atoms with Crippen LogP contribution in [0.15, 0.2) is 22.6 Å². The molecule has 1 saturated carbocycles. The third-order valence-electron chi connectivity index (χ3n) is 3.04. The summed E-state index contributed by atoms with van der Waals surface area (Å²) in [5, 5.41) is 11.6. The molecule has 0 radical (unpaired) electrons. The summed E-state index contributed by atoms with van der Waals surface area (Å²) in [6.45, 7) is 1.20. The summed E-state index contributed by atoms with van der Waals surface area (Å²) in [4.78, 5) is 0. The highest BCUT2D eigenvalue weighted by atomic mass is 16.3. The zero-order chi connectivity index (χ0) is 12.1. The van der Waals surface area contributed by atoms with Crippen molar-refractivity contribution in [2.45, 2.75) is 25.7 Å². The summed E-state index contributed by atoms with van der Waals surface area (Å²) >= 11 is 0. The van der Waals surface area contributed by atoms with Gasteiger partial charge in [0.1, 0.15) is 17.2 Å². The van der Waals surface area contributed by atoms with Gasteiger partial charge >= 0.3 is 0 Å². The van der Waals surface area contributed by atoms with E-state index in [4.69, 9.17) is 9.68 Å². The smallest absolute Gasteiger partial charge is 0.145 e. The fourth-order valence-corrected chi connectivity index (χ4v) is 1.85. The molecule has 2 bridgehead atoms. The van der Waals surface area contributed by atoms with Gasteiger partial charge in [-0.1, -0.05) is 12.8 Å². The monoisotopic (exact) mass is 230 g/mol. The Bertz CT molecular complexity index is 479. The zero-order valence-electron chi connectivity index (χ0n) is 10.2. The van der Waals surface area contributed by atoms with E-state index in [0.717, 1.165) is 11.5 Å². The minimum absolute atomic E-state index is 0.632. The van der Waals surface area contributed by atoms with Crippen LogP contribution in [0.1, 0.15) is 31.2 Å². The van der Waals surface area contributed by atoms with Crippen LogP contribution in [0.5, 0.6) is 0 Å². The van der Waals surface area contributed by atoms with Crippen molar-refractivity contribution in [3.8, 4) is 6.07 Å². The molecule has 3 rings (SSSR count). The maximum Gasteiger partial charge on any atom is 0.145 e. The first-order valence-electron chi connectivity index (χ1n) is 6.20. The van der Waals surface area contributed by atoms with Gasteiger partial charge in [0, 0.05) is 6.07 Å². The van der Waals surface area contributed by atoms with E-state index >= 15 is 0 Å². The fourth-order valence-electron chi connectivity index (χ4n) is 1.85. The number of fused-ring (bicyclic) bond motifs is 2. The van der Waals surface area contributed by atoms with Crippen molar-refractivity contribution in [3.05, 3.63) is 23.8 Å². The zero-order valence-corrected chi connectivity index (χ0v) is 10.2. The van der Waals surface area contributed by atoms with E-state index in [1.807, 2.05) is 19.2 Å². The van der Waals surface area contributed by atoms with Gasteiger partial charge in [-0.25, -0.2) is 0 Å². The average Bonchev–Trinajstić information content (AvgIpc) is 2.94. The lowest BCUT2D eigenvalue weighted by Gasteiger charge is -1.94. The standard InChI is InChI=1S/C7H3NO.C7H15N/c8-4-5-3-6-1-2-7(5)9-6;1-8-6-2-3-7-4-5-7/h1-3H;7-8H,2-6H2,1H3. The fraction of sp³-hybridized carbons (Fsp3) is 0.500. The summed E-state index contributed by atoms with van der Waals surface area (Å²) < 4.78 is 5.08. The number of hydrogen-bond donors (Lipinski definition) is 1. The molecule has 0 saturated heterocycles. The largest absolute Gasteiger partial charge is 0.456 e. The Labute approximate surface area is 102 Å². The number of nitrogens with one attached hydrogen (secondary N) is 1. The highest BCUT2D eigenvalue weighted by Crippen LogP contribution is 2.33. The van der Waals surface area contributed by atoms with Crippen molar-refractivity contribution >= 4 is 11.2 Å². The minimum atomic E-state index is 0.632. The molecule has 0 aromatic carbocycles. The number of nitrogens with zero attached hydrogens (tertiary/aromatic N) is 1. The summed E-state index contributed by atoms with van der Waals surface area (Å²) in [5.74, 6) is 1.11. The predicted octanol–water partition coefficient (Wildman–Crippen LogP) is 3.14. The van der Waals surface area contributed by atoms with Gasteiger partial charge in [0.05, 0.1) is 5.56 Å². The normalized spacial score (nSPS) is 14.4. The first-order valence-corrected chi connectivity index (χ1v) is 6.20. The molecule has 1 aliphatic rings. The molecular weight excluding hydrogens is 212 g/mol. The topological polar surface area (TPSA) is 49.0 Å². The third-order valence-corrected chi connectivity index (χ3v) is 3.04. The molecule has 0 unspecified atom stereocenters. The molecule has 0 atom stereocenters. The SMILES string of the molecule is CNCCCC1CC1.N#Cc1cc2ccc1o2. The van der Waals surface area contributed by atoms with Gasteiger partial charge in [0.15, 0.2) is 0 Å². The van der Waals surface area contributed by atoms with Crippen LogP contribution < -0.4 is 5.32 Å². The van der Waals surface area contributed by atoms with Crippen molar-refractivity contribution in [2.24, 2.45) is 5.92 Å². The van der Waals surface area contributed by atoms with Crippen molar-refractivity contribution in [1.82, 2.24) is 5.32 Å². The van der Waals surface area contributed by atoms with Gasteiger partial charge in [0.25, 0.3) is 0 Å². The quantitative estimate of drug-likeness (QED) is 0.821. The lowest BCUT2D eigenvalue weighted by molar-refractivity contribution is 0.631. The van der Waals surface area contributed by atoms with E-state index in [9.17, 15) is 0 Å². The van der Waals surface area contributed by atoms with Crippen molar-refractivity contribution in [1.29, 1.82) is 5.26 Å². The first-order chi connectivity index (χ1) is 8.33. The number of nitriles is 1. The van der Waals surface area contributed by atoms with Gasteiger partial charge in [0.2, 0.25) is 0 Å². The van der Waals surface area contributed by atoms with E-state index in [1.165, 1.54) is 32.2 Å². The molecule has 17 heavy (non-hydrogen) atoms. The summed E-state index contributed by atoms with van der Waals surface area (Å²) in [6, 6.07) is 7.40. The molecule has 2 aromatic heterocycles. The first kappa shape index (κ1) is 11.9. The Kier molecular flexibility index (Phi) is 4.00. The number of hydrogen-bond acceptors (Lipinski definition) is 3. The van der Waals surface area contributed by atoms with E-state index in [1.54, 1.807) is 12.1 Å². The average molecular weight is 230 g/mol. The molecule has 0 aliphatic heterocycles.